The Morgan fingerprint density at radius 1 is 1.48 bits per heavy atom. The van der Waals surface area contributed by atoms with Crippen LogP contribution in [0.5, 0.6) is 0 Å². The number of urea groups is 1. The molecule has 2 unspecified atom stereocenters. The fourth-order valence-corrected chi connectivity index (χ4v) is 2.46. The number of rotatable bonds is 3. The number of ether oxygens (including phenoxy) is 1. The maximum atomic E-state index is 12.2. The number of carboxylic acid groups (broad SMARTS) is 1. The largest absolute Gasteiger partial charge is 0.479 e. The van der Waals surface area contributed by atoms with E-state index in [9.17, 15) is 9.59 Å². The van der Waals surface area contributed by atoms with Crippen molar-refractivity contribution >= 4 is 23.6 Å². The maximum Gasteiger partial charge on any atom is 0.334 e. The highest BCUT2D eigenvalue weighted by Gasteiger charge is 2.29. The minimum absolute atomic E-state index is 0.0381. The number of benzene rings is 1. The van der Waals surface area contributed by atoms with Crippen LogP contribution in [0.4, 0.5) is 4.79 Å². The number of nitrogens with one attached hydrogen (secondary N) is 1. The molecule has 0 spiro atoms. The Balaban J connectivity index is 1.98. The summed E-state index contributed by atoms with van der Waals surface area (Å²) >= 11 is 6.09. The molecule has 0 bridgehead atoms. The van der Waals surface area contributed by atoms with Crippen LogP contribution in [0, 0.1) is 0 Å². The molecule has 1 aromatic carbocycles. The fourth-order valence-electron chi connectivity index (χ4n) is 2.16. The molecule has 21 heavy (non-hydrogen) atoms. The van der Waals surface area contributed by atoms with Crippen molar-refractivity contribution in [2.75, 3.05) is 19.7 Å². The summed E-state index contributed by atoms with van der Waals surface area (Å²) < 4.78 is 5.09. The van der Waals surface area contributed by atoms with Crippen LogP contribution in [0.3, 0.4) is 0 Å². The summed E-state index contributed by atoms with van der Waals surface area (Å²) in [6.07, 6.45) is -0.972. The summed E-state index contributed by atoms with van der Waals surface area (Å²) in [5, 5.41) is 12.3. The Labute approximate surface area is 127 Å². The molecular formula is C14H17ClN2O4. The molecule has 0 saturated carbocycles. The van der Waals surface area contributed by atoms with Crippen molar-refractivity contribution in [2.24, 2.45) is 0 Å². The van der Waals surface area contributed by atoms with Gasteiger partial charge in [0.1, 0.15) is 0 Å². The van der Waals surface area contributed by atoms with Crippen molar-refractivity contribution in [3.8, 4) is 0 Å². The van der Waals surface area contributed by atoms with Crippen LogP contribution in [-0.2, 0) is 9.53 Å². The smallest absolute Gasteiger partial charge is 0.334 e. The molecule has 1 aromatic rings. The van der Waals surface area contributed by atoms with E-state index in [0.29, 0.717) is 11.6 Å². The zero-order chi connectivity index (χ0) is 15.4. The number of aliphatic carboxylic acids is 1. The average Bonchev–Trinajstić information content (AvgIpc) is 2.47. The van der Waals surface area contributed by atoms with Gasteiger partial charge < -0.3 is 20.1 Å². The van der Waals surface area contributed by atoms with Crippen molar-refractivity contribution in [1.82, 2.24) is 10.2 Å². The van der Waals surface area contributed by atoms with Crippen molar-refractivity contribution < 1.29 is 19.4 Å². The minimum Gasteiger partial charge on any atom is -0.479 e. The Kier molecular flexibility index (Phi) is 5.03. The third-order valence-electron chi connectivity index (χ3n) is 3.34. The van der Waals surface area contributed by atoms with Gasteiger partial charge in [0.2, 0.25) is 0 Å². The molecule has 1 aliphatic heterocycles. The van der Waals surface area contributed by atoms with Gasteiger partial charge in [0.25, 0.3) is 0 Å². The summed E-state index contributed by atoms with van der Waals surface area (Å²) in [5.74, 6) is -1.06. The van der Waals surface area contributed by atoms with Crippen LogP contribution in [0.2, 0.25) is 5.02 Å². The quantitative estimate of drug-likeness (QED) is 0.893. The third-order valence-corrected chi connectivity index (χ3v) is 3.69. The van der Waals surface area contributed by atoms with E-state index in [-0.39, 0.29) is 25.2 Å². The van der Waals surface area contributed by atoms with Gasteiger partial charge in [-0.25, -0.2) is 9.59 Å². The molecule has 2 N–H and O–H groups in total. The molecule has 2 atom stereocenters. The first kappa shape index (κ1) is 15.6. The molecule has 0 aliphatic carbocycles. The van der Waals surface area contributed by atoms with Gasteiger partial charge >= 0.3 is 12.0 Å². The SMILES string of the molecule is CC(NC(=O)N1CCOC(C(=O)O)C1)c1ccccc1Cl. The topological polar surface area (TPSA) is 78.9 Å². The molecule has 114 valence electrons. The van der Waals surface area contributed by atoms with Crippen molar-refractivity contribution in [1.29, 1.82) is 0 Å². The molecular weight excluding hydrogens is 296 g/mol. The second-order valence-corrected chi connectivity index (χ2v) is 5.24. The van der Waals surface area contributed by atoms with E-state index in [1.54, 1.807) is 6.07 Å². The van der Waals surface area contributed by atoms with Gasteiger partial charge in [0.15, 0.2) is 6.10 Å². The van der Waals surface area contributed by atoms with Crippen LogP contribution in [0.1, 0.15) is 18.5 Å². The van der Waals surface area contributed by atoms with Gasteiger partial charge in [-0.2, -0.15) is 0 Å². The number of carboxylic acids is 1. The first-order valence-corrected chi connectivity index (χ1v) is 7.01. The van der Waals surface area contributed by atoms with Crippen LogP contribution in [0.15, 0.2) is 24.3 Å². The van der Waals surface area contributed by atoms with Gasteiger partial charge in [-0.05, 0) is 18.6 Å². The fraction of sp³-hybridized carbons (Fsp3) is 0.429. The van der Waals surface area contributed by atoms with Gasteiger partial charge in [-0.3, -0.25) is 0 Å². The number of hydrogen-bond donors (Lipinski definition) is 2. The molecule has 6 nitrogen and oxygen atoms in total. The molecule has 0 aromatic heterocycles. The lowest BCUT2D eigenvalue weighted by atomic mass is 10.1. The molecule has 1 aliphatic rings. The van der Waals surface area contributed by atoms with E-state index in [2.05, 4.69) is 5.32 Å². The average molecular weight is 313 g/mol. The van der Waals surface area contributed by atoms with Crippen LogP contribution >= 0.6 is 11.6 Å². The lowest BCUT2D eigenvalue weighted by Crippen LogP contribution is -2.52. The molecule has 1 fully saturated rings. The van der Waals surface area contributed by atoms with E-state index in [4.69, 9.17) is 21.4 Å². The van der Waals surface area contributed by atoms with Crippen molar-refractivity contribution in [3.63, 3.8) is 0 Å². The van der Waals surface area contributed by atoms with E-state index < -0.39 is 12.1 Å². The highest BCUT2D eigenvalue weighted by atomic mass is 35.5. The zero-order valence-corrected chi connectivity index (χ0v) is 12.3. The summed E-state index contributed by atoms with van der Waals surface area (Å²) in [5.41, 5.74) is 0.815. The number of nitrogens with zero attached hydrogens (tertiary/aromatic N) is 1. The minimum atomic E-state index is -1.06. The predicted molar refractivity (Wildman–Crippen MR) is 77.3 cm³/mol. The number of amides is 2. The zero-order valence-electron chi connectivity index (χ0n) is 11.6. The number of morpholine rings is 1. The normalized spacial score (nSPS) is 19.9. The Bertz CT molecular complexity index is 537. The highest BCUT2D eigenvalue weighted by molar-refractivity contribution is 6.31. The van der Waals surface area contributed by atoms with Crippen LogP contribution in [0.25, 0.3) is 0 Å². The van der Waals surface area contributed by atoms with Gasteiger partial charge in [0, 0.05) is 11.6 Å². The van der Waals surface area contributed by atoms with Crippen LogP contribution < -0.4 is 5.32 Å². The predicted octanol–water partition coefficient (Wildman–Crippen LogP) is 1.90. The molecule has 0 radical (unpaired) electrons. The lowest BCUT2D eigenvalue weighted by Gasteiger charge is -2.32. The summed E-state index contributed by atoms with van der Waals surface area (Å²) in [6.45, 7) is 2.44. The Morgan fingerprint density at radius 2 is 2.19 bits per heavy atom. The Morgan fingerprint density at radius 3 is 2.86 bits per heavy atom. The monoisotopic (exact) mass is 312 g/mol. The molecule has 1 heterocycles. The van der Waals surface area contributed by atoms with Gasteiger partial charge in [-0.1, -0.05) is 29.8 Å². The molecule has 7 heteroatoms. The second kappa shape index (κ2) is 6.78. The summed E-state index contributed by atoms with van der Waals surface area (Å²) in [4.78, 5) is 24.5. The molecule has 2 amide bonds. The second-order valence-electron chi connectivity index (χ2n) is 4.84. The summed E-state index contributed by atoms with van der Waals surface area (Å²) in [7, 11) is 0. The number of hydrogen-bond acceptors (Lipinski definition) is 3. The van der Waals surface area contributed by atoms with E-state index in [0.717, 1.165) is 5.56 Å². The molecule has 2 rings (SSSR count). The highest BCUT2D eigenvalue weighted by Crippen LogP contribution is 2.22. The van der Waals surface area contributed by atoms with E-state index in [1.165, 1.54) is 4.90 Å². The van der Waals surface area contributed by atoms with Crippen molar-refractivity contribution in [3.05, 3.63) is 34.9 Å². The van der Waals surface area contributed by atoms with Gasteiger partial charge in [-0.15, -0.1) is 0 Å². The van der Waals surface area contributed by atoms with Crippen molar-refractivity contribution in [2.45, 2.75) is 19.1 Å². The number of carbonyl (C=O) groups excluding carboxylic acids is 1. The maximum absolute atomic E-state index is 12.2. The Hall–Kier alpha value is -1.79. The number of halogens is 1. The standard InChI is InChI=1S/C14H17ClN2O4/c1-9(10-4-2-3-5-11(10)15)16-14(20)17-6-7-21-12(8-17)13(18)19/h2-5,9,12H,6-8H2,1H3,(H,16,20)(H,18,19). The third kappa shape index (κ3) is 3.86. The summed E-state index contributed by atoms with van der Waals surface area (Å²) in [6, 6.07) is 6.68. The van der Waals surface area contributed by atoms with E-state index in [1.807, 2.05) is 25.1 Å². The molecule has 1 saturated heterocycles. The lowest BCUT2D eigenvalue weighted by molar-refractivity contribution is -0.154. The van der Waals surface area contributed by atoms with E-state index >= 15 is 0 Å². The van der Waals surface area contributed by atoms with Crippen LogP contribution in [-0.4, -0.2) is 47.8 Å². The first-order valence-electron chi connectivity index (χ1n) is 6.63. The first-order chi connectivity index (χ1) is 9.99. The van der Waals surface area contributed by atoms with Gasteiger partial charge in [0.05, 0.1) is 19.2 Å². The number of carbonyl (C=O) groups is 2.